The van der Waals surface area contributed by atoms with Crippen LogP contribution in [0.1, 0.15) is 23.7 Å². The summed E-state index contributed by atoms with van der Waals surface area (Å²) in [5, 5.41) is 17.1. The molecule has 0 heterocycles. The molecule has 2 amide bonds. The van der Waals surface area contributed by atoms with Crippen molar-refractivity contribution in [3.8, 4) is 0 Å². The van der Waals surface area contributed by atoms with Gasteiger partial charge < -0.3 is 5.32 Å². The molecule has 0 radical (unpaired) electrons. The lowest BCUT2D eigenvalue weighted by molar-refractivity contribution is -0.384. The van der Waals surface area contributed by atoms with E-state index < -0.39 is 4.92 Å². The van der Waals surface area contributed by atoms with E-state index in [4.69, 9.17) is 0 Å². The molecule has 0 bridgehead atoms. The highest BCUT2D eigenvalue weighted by Crippen LogP contribution is 2.15. The Kier molecular flexibility index (Phi) is 6.78. The van der Waals surface area contributed by atoms with Crippen LogP contribution in [0.15, 0.2) is 53.6 Å². The maximum atomic E-state index is 12.0. The van der Waals surface area contributed by atoms with Gasteiger partial charge in [0, 0.05) is 32.7 Å². The number of nitrogens with one attached hydrogen (secondary N) is 2. The van der Waals surface area contributed by atoms with E-state index in [9.17, 15) is 19.7 Å². The van der Waals surface area contributed by atoms with Crippen LogP contribution in [0.25, 0.3) is 0 Å². The third kappa shape index (κ3) is 5.92. The minimum atomic E-state index is -0.515. The minimum absolute atomic E-state index is 0.0242. The summed E-state index contributed by atoms with van der Waals surface area (Å²) >= 11 is 2.11. The first-order chi connectivity index (χ1) is 12.3. The Bertz CT molecular complexity index is 865. The summed E-state index contributed by atoms with van der Waals surface area (Å²) in [7, 11) is 0. The highest BCUT2D eigenvalue weighted by atomic mass is 127. The standard InChI is InChI=1S/C17H15IN4O4/c1-11(20-21-17(24)12-3-2-4-13(18)10-12)9-16(23)19-14-5-7-15(8-6-14)22(25)26/h2-8,10H,9H2,1H3,(H,19,23)(H,21,24)/b20-11-. The number of amides is 2. The average molecular weight is 466 g/mol. The molecule has 0 saturated heterocycles. The summed E-state index contributed by atoms with van der Waals surface area (Å²) in [5.74, 6) is -0.706. The fourth-order valence-electron chi connectivity index (χ4n) is 1.98. The Morgan fingerprint density at radius 1 is 1.19 bits per heavy atom. The van der Waals surface area contributed by atoms with Gasteiger partial charge in [-0.2, -0.15) is 5.10 Å². The lowest BCUT2D eigenvalue weighted by atomic mass is 10.2. The van der Waals surface area contributed by atoms with Gasteiger partial charge in [0.05, 0.1) is 11.3 Å². The molecular weight excluding hydrogens is 451 g/mol. The molecule has 0 unspecified atom stereocenters. The Morgan fingerprint density at radius 3 is 2.50 bits per heavy atom. The number of nitro benzene ring substituents is 1. The summed E-state index contributed by atoms with van der Waals surface area (Å²) in [6.45, 7) is 1.62. The fraction of sp³-hybridized carbons (Fsp3) is 0.118. The number of carbonyl (C=O) groups is 2. The molecule has 8 nitrogen and oxygen atoms in total. The van der Waals surface area contributed by atoms with Crippen LogP contribution in [0.4, 0.5) is 11.4 Å². The monoisotopic (exact) mass is 466 g/mol. The van der Waals surface area contributed by atoms with Crippen molar-refractivity contribution in [2.45, 2.75) is 13.3 Å². The first-order valence-corrected chi connectivity index (χ1v) is 8.56. The van der Waals surface area contributed by atoms with E-state index in [0.717, 1.165) is 3.57 Å². The Labute approximate surface area is 163 Å². The lowest BCUT2D eigenvalue weighted by Crippen LogP contribution is -2.21. The smallest absolute Gasteiger partial charge is 0.271 e. The van der Waals surface area contributed by atoms with E-state index >= 15 is 0 Å². The molecule has 0 spiro atoms. The van der Waals surface area contributed by atoms with Crippen LogP contribution in [0.3, 0.4) is 0 Å². The van der Waals surface area contributed by atoms with Gasteiger partial charge >= 0.3 is 0 Å². The average Bonchev–Trinajstić information content (AvgIpc) is 2.60. The van der Waals surface area contributed by atoms with E-state index in [-0.39, 0.29) is 23.9 Å². The summed E-state index contributed by atoms with van der Waals surface area (Å²) in [5.41, 5.74) is 3.69. The van der Waals surface area contributed by atoms with Crippen molar-refractivity contribution in [2.24, 2.45) is 5.10 Å². The van der Waals surface area contributed by atoms with Crippen LogP contribution in [-0.4, -0.2) is 22.4 Å². The molecule has 0 saturated carbocycles. The summed E-state index contributed by atoms with van der Waals surface area (Å²) in [6.07, 6.45) is -0.0242. The Hall–Kier alpha value is -2.82. The number of halogens is 1. The number of hydrogen-bond donors (Lipinski definition) is 2. The van der Waals surface area contributed by atoms with Crippen molar-refractivity contribution >= 4 is 51.5 Å². The SMILES string of the molecule is C/C(CC(=O)Nc1ccc([N+](=O)[O-])cc1)=N/NC(=O)c1cccc(I)c1. The maximum absolute atomic E-state index is 12.0. The van der Waals surface area contributed by atoms with Gasteiger partial charge in [-0.05, 0) is 59.8 Å². The zero-order valence-corrected chi connectivity index (χ0v) is 15.9. The van der Waals surface area contributed by atoms with Crippen LogP contribution >= 0.6 is 22.6 Å². The Balaban J connectivity index is 1.88. The molecule has 26 heavy (non-hydrogen) atoms. The number of carbonyl (C=O) groups excluding carboxylic acids is 2. The molecule has 9 heteroatoms. The number of hydrogen-bond acceptors (Lipinski definition) is 5. The third-order valence-corrected chi connectivity index (χ3v) is 3.88. The summed E-state index contributed by atoms with van der Waals surface area (Å²) in [6, 6.07) is 12.5. The van der Waals surface area contributed by atoms with Crippen molar-refractivity contribution in [3.63, 3.8) is 0 Å². The van der Waals surface area contributed by atoms with Crippen molar-refractivity contribution < 1.29 is 14.5 Å². The predicted molar refractivity (Wildman–Crippen MR) is 106 cm³/mol. The second kappa shape index (κ2) is 9.04. The summed E-state index contributed by atoms with van der Waals surface area (Å²) in [4.78, 5) is 34.0. The number of non-ortho nitro benzene ring substituents is 1. The predicted octanol–water partition coefficient (Wildman–Crippen LogP) is 3.33. The van der Waals surface area contributed by atoms with Gasteiger partial charge in [-0.3, -0.25) is 19.7 Å². The molecule has 2 rings (SSSR count). The zero-order valence-electron chi connectivity index (χ0n) is 13.7. The van der Waals surface area contributed by atoms with Gasteiger partial charge in [0.25, 0.3) is 11.6 Å². The first kappa shape index (κ1) is 19.5. The lowest BCUT2D eigenvalue weighted by Gasteiger charge is -2.05. The molecule has 0 atom stereocenters. The maximum Gasteiger partial charge on any atom is 0.271 e. The van der Waals surface area contributed by atoms with Crippen LogP contribution in [0, 0.1) is 13.7 Å². The largest absolute Gasteiger partial charge is 0.326 e. The highest BCUT2D eigenvalue weighted by Gasteiger charge is 2.09. The van der Waals surface area contributed by atoms with Crippen LogP contribution in [-0.2, 0) is 4.79 Å². The number of nitrogens with zero attached hydrogens (tertiary/aromatic N) is 2. The number of hydrazone groups is 1. The topological polar surface area (TPSA) is 114 Å². The van der Waals surface area contributed by atoms with Gasteiger partial charge in [0.2, 0.25) is 5.91 Å². The van der Waals surface area contributed by atoms with Crippen molar-refractivity contribution in [2.75, 3.05) is 5.32 Å². The number of rotatable bonds is 6. The quantitative estimate of drug-likeness (QED) is 0.294. The molecule has 0 aliphatic heterocycles. The molecule has 134 valence electrons. The minimum Gasteiger partial charge on any atom is -0.326 e. The fourth-order valence-corrected chi connectivity index (χ4v) is 2.53. The number of nitro groups is 1. The van der Waals surface area contributed by atoms with Gasteiger partial charge in [0.15, 0.2) is 0 Å². The van der Waals surface area contributed by atoms with Crippen LogP contribution in [0.2, 0.25) is 0 Å². The third-order valence-electron chi connectivity index (χ3n) is 3.21. The molecule has 0 aromatic heterocycles. The van der Waals surface area contributed by atoms with E-state index in [2.05, 4.69) is 38.4 Å². The first-order valence-electron chi connectivity index (χ1n) is 7.48. The van der Waals surface area contributed by atoms with E-state index in [1.54, 1.807) is 25.1 Å². The van der Waals surface area contributed by atoms with Crippen LogP contribution in [0.5, 0.6) is 0 Å². The summed E-state index contributed by atoms with van der Waals surface area (Å²) < 4.78 is 0.929. The number of benzene rings is 2. The molecule has 2 aromatic rings. The Morgan fingerprint density at radius 2 is 1.88 bits per heavy atom. The zero-order chi connectivity index (χ0) is 19.1. The van der Waals surface area contributed by atoms with Crippen molar-refractivity contribution in [1.82, 2.24) is 5.43 Å². The second-order valence-electron chi connectivity index (χ2n) is 5.33. The van der Waals surface area contributed by atoms with Crippen molar-refractivity contribution in [1.29, 1.82) is 0 Å². The van der Waals surface area contributed by atoms with Gasteiger partial charge in [-0.15, -0.1) is 0 Å². The van der Waals surface area contributed by atoms with Gasteiger partial charge in [-0.1, -0.05) is 6.07 Å². The molecule has 0 fully saturated rings. The van der Waals surface area contributed by atoms with E-state index in [0.29, 0.717) is 17.0 Å². The van der Waals surface area contributed by atoms with Gasteiger partial charge in [-0.25, -0.2) is 5.43 Å². The molecule has 2 N–H and O–H groups in total. The van der Waals surface area contributed by atoms with E-state index in [1.165, 1.54) is 24.3 Å². The van der Waals surface area contributed by atoms with Crippen LogP contribution < -0.4 is 10.7 Å². The molecule has 0 aliphatic rings. The highest BCUT2D eigenvalue weighted by molar-refractivity contribution is 14.1. The van der Waals surface area contributed by atoms with Crippen molar-refractivity contribution in [3.05, 3.63) is 67.8 Å². The molecule has 0 aliphatic carbocycles. The molecule has 2 aromatic carbocycles. The number of anilines is 1. The second-order valence-corrected chi connectivity index (χ2v) is 6.57. The van der Waals surface area contributed by atoms with E-state index in [1.807, 2.05) is 6.07 Å². The normalized spacial score (nSPS) is 10.9. The van der Waals surface area contributed by atoms with Gasteiger partial charge in [0.1, 0.15) is 0 Å². The molecular formula is C17H15IN4O4.